The summed E-state index contributed by atoms with van der Waals surface area (Å²) in [7, 11) is -2.46. The number of carbonyl (C=O) groups is 1. The van der Waals surface area contributed by atoms with Crippen molar-refractivity contribution in [3.63, 3.8) is 0 Å². The average molecular weight is 498 g/mol. The van der Waals surface area contributed by atoms with Gasteiger partial charge in [-0.25, -0.2) is 9.78 Å². The van der Waals surface area contributed by atoms with Gasteiger partial charge in [-0.3, -0.25) is 0 Å². The van der Waals surface area contributed by atoms with Gasteiger partial charge >= 0.3 is 6.09 Å². The Labute approximate surface area is 206 Å². The number of carbonyl (C=O) groups excluding carboxylic acids is 1. The molecule has 0 spiro atoms. The molecular formula is C26H31N3O5S. The van der Waals surface area contributed by atoms with Gasteiger partial charge in [-0.2, -0.15) is 8.42 Å². The number of aryl methyl sites for hydroxylation is 1. The van der Waals surface area contributed by atoms with Crippen LogP contribution < -0.4 is 0 Å². The highest BCUT2D eigenvalue weighted by Crippen LogP contribution is 2.32. The van der Waals surface area contributed by atoms with E-state index >= 15 is 0 Å². The second kappa shape index (κ2) is 10.2. The second-order valence-electron chi connectivity index (χ2n) is 9.84. The zero-order chi connectivity index (χ0) is 25.2. The van der Waals surface area contributed by atoms with Crippen LogP contribution >= 0.6 is 0 Å². The Morgan fingerprint density at radius 3 is 2.63 bits per heavy atom. The lowest BCUT2D eigenvalue weighted by Crippen LogP contribution is -2.48. The summed E-state index contributed by atoms with van der Waals surface area (Å²) in [5, 5.41) is 2.26. The van der Waals surface area contributed by atoms with Crippen molar-refractivity contribution in [2.45, 2.75) is 58.3 Å². The smallest absolute Gasteiger partial charge is 0.410 e. The summed E-state index contributed by atoms with van der Waals surface area (Å²) in [5.74, 6) is 0.249. The molecule has 8 nitrogen and oxygen atoms in total. The van der Waals surface area contributed by atoms with Crippen molar-refractivity contribution < 1.29 is 22.7 Å². The number of H-pyrrole nitrogens is 1. The Balaban J connectivity index is 1.63. The number of nitrogens with zero attached hydrogens (tertiary/aromatic N) is 2. The van der Waals surface area contributed by atoms with Gasteiger partial charge in [0.15, 0.2) is 4.64 Å². The van der Waals surface area contributed by atoms with Crippen LogP contribution in [0.3, 0.4) is 0 Å². The lowest BCUT2D eigenvalue weighted by atomic mass is 9.88. The largest absolute Gasteiger partial charge is 0.444 e. The highest BCUT2D eigenvalue weighted by molar-refractivity contribution is 7.63. The van der Waals surface area contributed by atoms with E-state index in [1.807, 2.05) is 39.0 Å². The minimum absolute atomic E-state index is 0.104. The lowest BCUT2D eigenvalue weighted by molar-refractivity contribution is -0.0361. The van der Waals surface area contributed by atoms with Gasteiger partial charge in [-0.1, -0.05) is 36.4 Å². The Morgan fingerprint density at radius 2 is 1.91 bits per heavy atom. The summed E-state index contributed by atoms with van der Waals surface area (Å²) in [4.78, 5) is 21.6. The summed E-state index contributed by atoms with van der Waals surface area (Å²) in [5.41, 5.74) is 0.951. The third-order valence-electron chi connectivity index (χ3n) is 6.01. The summed E-state index contributed by atoms with van der Waals surface area (Å²) in [6.45, 7) is 8.23. The SMILES string of the molecule is Cc1ncc(C2CCN(C(=O)OC(C)(C)C)CC2OCc2ccc3ccccc3c2)c(=S(=O)=O)[nH]1. The fraction of sp³-hybridized carbons (Fsp3) is 0.423. The quantitative estimate of drug-likeness (QED) is 0.529. The van der Waals surface area contributed by atoms with Gasteiger partial charge in [0.2, 0.25) is 10.3 Å². The molecule has 1 aliphatic rings. The Kier molecular flexibility index (Phi) is 7.28. The first-order chi connectivity index (χ1) is 16.6. The molecule has 0 saturated carbocycles. The van der Waals surface area contributed by atoms with Crippen LogP contribution in [-0.2, 0) is 26.4 Å². The minimum Gasteiger partial charge on any atom is -0.444 e. The van der Waals surface area contributed by atoms with Gasteiger partial charge in [0.1, 0.15) is 11.4 Å². The second-order valence-corrected chi connectivity index (χ2v) is 10.7. The average Bonchev–Trinajstić information content (AvgIpc) is 2.81. The molecule has 1 fully saturated rings. The topological polar surface area (TPSA) is 102 Å². The third kappa shape index (κ3) is 6.10. The fourth-order valence-corrected chi connectivity index (χ4v) is 4.99. The van der Waals surface area contributed by atoms with Gasteiger partial charge in [-0.05, 0) is 56.5 Å². The predicted molar refractivity (Wildman–Crippen MR) is 133 cm³/mol. The summed E-state index contributed by atoms with van der Waals surface area (Å²) >= 11 is 0. The molecule has 0 radical (unpaired) electrons. The molecule has 35 heavy (non-hydrogen) atoms. The van der Waals surface area contributed by atoms with Crippen LogP contribution in [0.2, 0.25) is 0 Å². The number of hydrogen-bond acceptors (Lipinski definition) is 6. The first kappa shape index (κ1) is 24.9. The number of ether oxygens (including phenoxy) is 2. The normalized spacial score (nSPS) is 18.5. The summed E-state index contributed by atoms with van der Waals surface area (Å²) < 4.78 is 36.0. The van der Waals surface area contributed by atoms with E-state index in [1.165, 1.54) is 0 Å². The van der Waals surface area contributed by atoms with Crippen LogP contribution in [0.5, 0.6) is 0 Å². The Morgan fingerprint density at radius 1 is 1.17 bits per heavy atom. The van der Waals surface area contributed by atoms with Crippen LogP contribution in [0.4, 0.5) is 4.79 Å². The molecule has 3 aromatic rings. The van der Waals surface area contributed by atoms with Gasteiger partial charge in [-0.15, -0.1) is 0 Å². The number of nitrogens with one attached hydrogen (secondary N) is 1. The van der Waals surface area contributed by atoms with E-state index in [2.05, 4.69) is 34.2 Å². The first-order valence-corrected chi connectivity index (χ1v) is 12.7. The van der Waals surface area contributed by atoms with Crippen LogP contribution in [0.15, 0.2) is 48.7 Å². The van der Waals surface area contributed by atoms with Gasteiger partial charge in [0.25, 0.3) is 0 Å². The number of aromatic nitrogens is 2. The zero-order valence-electron chi connectivity index (χ0n) is 20.4. The fourth-order valence-electron chi connectivity index (χ4n) is 4.36. The van der Waals surface area contributed by atoms with Crippen molar-refractivity contribution in [2.24, 2.45) is 0 Å². The Hall–Kier alpha value is -3.17. The molecule has 4 rings (SSSR count). The van der Waals surface area contributed by atoms with E-state index in [9.17, 15) is 13.2 Å². The number of amides is 1. The van der Waals surface area contributed by atoms with Gasteiger partial charge in [0.05, 0.1) is 19.3 Å². The van der Waals surface area contributed by atoms with Crippen LogP contribution in [0, 0.1) is 11.6 Å². The molecule has 1 N–H and O–H groups in total. The molecule has 2 heterocycles. The predicted octanol–water partition coefficient (Wildman–Crippen LogP) is 4.59. The van der Waals surface area contributed by atoms with Gasteiger partial charge in [0, 0.05) is 24.2 Å². The van der Waals surface area contributed by atoms with E-state index in [4.69, 9.17) is 9.47 Å². The van der Waals surface area contributed by atoms with E-state index in [1.54, 1.807) is 18.0 Å². The number of piperidine rings is 1. The van der Waals surface area contributed by atoms with Crippen molar-refractivity contribution in [2.75, 3.05) is 13.1 Å². The van der Waals surface area contributed by atoms with E-state index in [-0.39, 0.29) is 17.1 Å². The van der Waals surface area contributed by atoms with Crippen molar-refractivity contribution in [3.8, 4) is 0 Å². The lowest BCUT2D eigenvalue weighted by Gasteiger charge is -2.38. The van der Waals surface area contributed by atoms with Crippen molar-refractivity contribution in [3.05, 3.63) is 70.3 Å². The number of likely N-dealkylation sites (tertiary alicyclic amines) is 1. The van der Waals surface area contributed by atoms with Crippen molar-refractivity contribution >= 4 is 27.2 Å². The Bertz CT molecular complexity index is 1400. The number of aromatic amines is 1. The number of hydrogen-bond donors (Lipinski definition) is 1. The molecule has 1 saturated heterocycles. The molecule has 1 amide bonds. The molecule has 9 heteroatoms. The van der Waals surface area contributed by atoms with Crippen molar-refractivity contribution in [1.29, 1.82) is 0 Å². The molecule has 186 valence electrons. The number of rotatable bonds is 4. The molecule has 0 aliphatic carbocycles. The van der Waals surface area contributed by atoms with E-state index in [0.717, 1.165) is 16.3 Å². The van der Waals surface area contributed by atoms with Crippen LogP contribution in [0.25, 0.3) is 10.8 Å². The molecule has 2 atom stereocenters. The van der Waals surface area contributed by atoms with Crippen molar-refractivity contribution in [1.82, 2.24) is 14.9 Å². The monoisotopic (exact) mass is 497 g/mol. The molecule has 2 aromatic carbocycles. The first-order valence-electron chi connectivity index (χ1n) is 11.7. The zero-order valence-corrected chi connectivity index (χ0v) is 21.3. The molecular weight excluding hydrogens is 466 g/mol. The van der Waals surface area contributed by atoms with E-state index < -0.39 is 28.1 Å². The molecule has 1 aliphatic heterocycles. The molecule has 1 aromatic heterocycles. The minimum atomic E-state index is -2.46. The number of benzene rings is 2. The maximum absolute atomic E-state index is 12.8. The van der Waals surface area contributed by atoms with E-state index in [0.29, 0.717) is 31.0 Å². The summed E-state index contributed by atoms with van der Waals surface area (Å²) in [6, 6.07) is 14.3. The van der Waals surface area contributed by atoms with Crippen LogP contribution in [0.1, 0.15) is 50.1 Å². The van der Waals surface area contributed by atoms with Crippen LogP contribution in [-0.4, -0.2) is 54.2 Å². The number of fused-ring (bicyclic) bond motifs is 1. The highest BCUT2D eigenvalue weighted by Gasteiger charge is 2.36. The third-order valence-corrected chi connectivity index (χ3v) is 6.68. The molecule has 0 bridgehead atoms. The van der Waals surface area contributed by atoms with Gasteiger partial charge < -0.3 is 19.4 Å². The standard InChI is InChI=1S/C26H31N3O5S/c1-17-27-14-22(24(28-17)35(31)32)21-11-12-29(25(30)34-26(2,3)4)15-23(21)33-16-18-9-10-19-7-5-6-8-20(19)13-18/h5-10,13-14,21,23H,11-12,15-16H2,1-4H3,(H,27,28). The molecule has 2 unspecified atom stereocenters. The maximum Gasteiger partial charge on any atom is 0.410 e. The summed E-state index contributed by atoms with van der Waals surface area (Å²) in [6.07, 6.45) is 1.26. The highest BCUT2D eigenvalue weighted by atomic mass is 32.2. The maximum atomic E-state index is 12.8.